The number of nitrogens with zero attached hydrogens (tertiary/aromatic N) is 4. The smallest absolute Gasteiger partial charge is 0.248 e. The van der Waals surface area contributed by atoms with E-state index in [1.165, 1.54) is 13.4 Å². The van der Waals surface area contributed by atoms with Gasteiger partial charge in [0.1, 0.15) is 30.1 Å². The highest BCUT2D eigenvalue weighted by Crippen LogP contribution is 2.41. The van der Waals surface area contributed by atoms with Crippen molar-refractivity contribution in [3.63, 3.8) is 0 Å². The lowest BCUT2D eigenvalue weighted by Crippen LogP contribution is -2.50. The van der Waals surface area contributed by atoms with Crippen LogP contribution in [0.15, 0.2) is 35.9 Å². The summed E-state index contributed by atoms with van der Waals surface area (Å²) in [5, 5.41) is 8.73. The summed E-state index contributed by atoms with van der Waals surface area (Å²) in [6.07, 6.45) is 8.10. The van der Waals surface area contributed by atoms with E-state index in [2.05, 4.69) is 21.8 Å². The maximum absolute atomic E-state index is 12.0. The second-order valence-electron chi connectivity index (χ2n) is 8.54. The van der Waals surface area contributed by atoms with Gasteiger partial charge < -0.3 is 25.0 Å². The summed E-state index contributed by atoms with van der Waals surface area (Å²) in [5.74, 6) is 1.53. The Labute approximate surface area is 182 Å². The van der Waals surface area contributed by atoms with Gasteiger partial charge >= 0.3 is 0 Å². The summed E-state index contributed by atoms with van der Waals surface area (Å²) < 4.78 is 11.0. The number of carbonyl (C=O) groups is 1. The molecular formula is C22H30N6O3. The quantitative estimate of drug-likeness (QED) is 0.630. The first kappa shape index (κ1) is 21.5. The SMILES string of the molecule is COCC(=O)N1CCN(c2cc(C(=N)C3=CC(OC4(C)CC4)=CCC3N)ncn2)CC1. The van der Waals surface area contributed by atoms with Gasteiger partial charge in [-0.1, -0.05) is 0 Å². The van der Waals surface area contributed by atoms with Gasteiger partial charge in [0, 0.05) is 45.4 Å². The molecule has 1 saturated carbocycles. The number of ether oxygens (including phenoxy) is 2. The van der Waals surface area contributed by atoms with Crippen LogP contribution >= 0.6 is 0 Å². The average Bonchev–Trinajstić information content (AvgIpc) is 3.51. The molecule has 2 fully saturated rings. The molecule has 1 aliphatic heterocycles. The third-order valence-corrected chi connectivity index (χ3v) is 6.01. The largest absolute Gasteiger partial charge is 0.488 e. The van der Waals surface area contributed by atoms with Crippen LogP contribution in [0.4, 0.5) is 5.82 Å². The first-order valence-electron chi connectivity index (χ1n) is 10.7. The molecule has 166 valence electrons. The fraction of sp³-hybridized carbons (Fsp3) is 0.545. The molecule has 1 saturated heterocycles. The number of allylic oxidation sites excluding steroid dienone is 1. The minimum atomic E-state index is -0.263. The molecular weight excluding hydrogens is 396 g/mol. The van der Waals surface area contributed by atoms with E-state index < -0.39 is 0 Å². The molecule has 1 amide bonds. The maximum atomic E-state index is 12.0. The molecule has 0 bridgehead atoms. The van der Waals surface area contributed by atoms with Crippen molar-refractivity contribution < 1.29 is 14.3 Å². The standard InChI is InChI=1S/C22H30N6O3/c1-22(5-6-22)31-15-3-4-17(23)16(11-15)21(24)18-12-19(26-14-25-18)27-7-9-28(10-8-27)20(29)13-30-2/h3,11-12,14,17,24H,4-10,13,23H2,1-2H3. The third-order valence-electron chi connectivity index (χ3n) is 6.01. The molecule has 1 unspecified atom stereocenters. The molecule has 9 heteroatoms. The molecule has 3 aliphatic rings. The Morgan fingerprint density at radius 1 is 1.29 bits per heavy atom. The molecule has 2 aliphatic carbocycles. The zero-order valence-corrected chi connectivity index (χ0v) is 18.1. The number of hydrogen-bond donors (Lipinski definition) is 2. The van der Waals surface area contributed by atoms with Crippen molar-refractivity contribution in [2.24, 2.45) is 5.73 Å². The van der Waals surface area contributed by atoms with Crippen LogP contribution in [0.3, 0.4) is 0 Å². The summed E-state index contributed by atoms with van der Waals surface area (Å²) in [6.45, 7) is 4.75. The van der Waals surface area contributed by atoms with Crippen molar-refractivity contribution >= 4 is 17.4 Å². The minimum Gasteiger partial charge on any atom is -0.488 e. The van der Waals surface area contributed by atoms with Crippen LogP contribution in [0.1, 0.15) is 31.9 Å². The molecule has 2 heterocycles. The van der Waals surface area contributed by atoms with Gasteiger partial charge in [-0.2, -0.15) is 0 Å². The molecule has 0 aromatic carbocycles. The molecule has 4 rings (SSSR count). The van der Waals surface area contributed by atoms with Gasteiger partial charge in [-0.15, -0.1) is 0 Å². The highest BCUT2D eigenvalue weighted by atomic mass is 16.5. The molecule has 1 aromatic heterocycles. The minimum absolute atomic E-state index is 0.00309. The lowest BCUT2D eigenvalue weighted by molar-refractivity contribution is -0.135. The summed E-state index contributed by atoms with van der Waals surface area (Å²) in [7, 11) is 1.52. The zero-order valence-electron chi connectivity index (χ0n) is 18.1. The predicted molar refractivity (Wildman–Crippen MR) is 117 cm³/mol. The number of anilines is 1. The molecule has 3 N–H and O–H groups in total. The number of amides is 1. The molecule has 1 atom stereocenters. The first-order chi connectivity index (χ1) is 14.9. The van der Waals surface area contributed by atoms with Crippen molar-refractivity contribution in [3.8, 4) is 0 Å². The Morgan fingerprint density at radius 3 is 2.71 bits per heavy atom. The van der Waals surface area contributed by atoms with Gasteiger partial charge in [-0.05, 0) is 43.9 Å². The van der Waals surface area contributed by atoms with Crippen molar-refractivity contribution in [1.29, 1.82) is 5.41 Å². The Morgan fingerprint density at radius 2 is 2.03 bits per heavy atom. The number of rotatable bonds is 7. The predicted octanol–water partition coefficient (Wildman–Crippen LogP) is 1.25. The molecule has 31 heavy (non-hydrogen) atoms. The van der Waals surface area contributed by atoms with Crippen molar-refractivity contribution in [2.75, 3.05) is 44.8 Å². The van der Waals surface area contributed by atoms with Crippen molar-refractivity contribution in [3.05, 3.63) is 41.6 Å². The van der Waals surface area contributed by atoms with Crippen LogP contribution < -0.4 is 10.6 Å². The number of nitrogens with one attached hydrogen (secondary N) is 1. The van der Waals surface area contributed by atoms with E-state index >= 15 is 0 Å². The van der Waals surface area contributed by atoms with Gasteiger partial charge in [0.05, 0.1) is 11.4 Å². The van der Waals surface area contributed by atoms with Crippen molar-refractivity contribution in [1.82, 2.24) is 14.9 Å². The maximum Gasteiger partial charge on any atom is 0.248 e. The zero-order chi connectivity index (χ0) is 22.0. The highest BCUT2D eigenvalue weighted by molar-refractivity contribution is 6.10. The fourth-order valence-electron chi connectivity index (χ4n) is 3.78. The fourth-order valence-corrected chi connectivity index (χ4v) is 3.78. The van der Waals surface area contributed by atoms with Crippen LogP contribution in [0, 0.1) is 5.41 Å². The topological polar surface area (TPSA) is 118 Å². The number of carbonyl (C=O) groups excluding carboxylic acids is 1. The summed E-state index contributed by atoms with van der Waals surface area (Å²) in [4.78, 5) is 24.6. The van der Waals surface area contributed by atoms with E-state index in [-0.39, 0.29) is 24.2 Å². The van der Waals surface area contributed by atoms with E-state index in [1.54, 1.807) is 4.90 Å². The van der Waals surface area contributed by atoms with Crippen molar-refractivity contribution in [2.45, 2.75) is 37.8 Å². The van der Waals surface area contributed by atoms with E-state index in [0.29, 0.717) is 44.0 Å². The van der Waals surface area contributed by atoms with Crippen LogP contribution in [0.5, 0.6) is 0 Å². The number of hydrogen-bond acceptors (Lipinski definition) is 8. The summed E-state index contributed by atoms with van der Waals surface area (Å²) >= 11 is 0. The van der Waals surface area contributed by atoms with Crippen LogP contribution in [-0.4, -0.2) is 78.0 Å². The lowest BCUT2D eigenvalue weighted by atomic mass is 9.93. The molecule has 0 spiro atoms. The average molecular weight is 427 g/mol. The first-order valence-corrected chi connectivity index (χ1v) is 10.7. The molecule has 0 radical (unpaired) electrons. The van der Waals surface area contributed by atoms with E-state index in [1.807, 2.05) is 18.2 Å². The third kappa shape index (κ3) is 4.94. The van der Waals surface area contributed by atoms with Crippen LogP contribution in [0.2, 0.25) is 0 Å². The Hall–Kier alpha value is -2.78. The Kier molecular flexibility index (Phi) is 6.06. The second kappa shape index (κ2) is 8.76. The van der Waals surface area contributed by atoms with E-state index in [9.17, 15) is 4.79 Å². The summed E-state index contributed by atoms with van der Waals surface area (Å²) in [5.41, 5.74) is 7.77. The van der Waals surface area contributed by atoms with E-state index in [0.717, 1.165) is 30.0 Å². The normalized spacial score (nSPS) is 22.5. The van der Waals surface area contributed by atoms with Gasteiger partial charge in [-0.25, -0.2) is 9.97 Å². The highest BCUT2D eigenvalue weighted by Gasteiger charge is 2.40. The van der Waals surface area contributed by atoms with Gasteiger partial charge in [0.2, 0.25) is 5.91 Å². The van der Waals surface area contributed by atoms with Gasteiger partial charge in [0.25, 0.3) is 0 Å². The monoisotopic (exact) mass is 426 g/mol. The van der Waals surface area contributed by atoms with Gasteiger partial charge in [-0.3, -0.25) is 10.2 Å². The Balaban J connectivity index is 1.45. The number of methoxy groups -OCH3 is 1. The Bertz CT molecular complexity index is 916. The van der Waals surface area contributed by atoms with E-state index in [4.69, 9.17) is 20.6 Å². The molecule has 9 nitrogen and oxygen atoms in total. The number of nitrogens with two attached hydrogens (primary N) is 1. The molecule has 1 aromatic rings. The van der Waals surface area contributed by atoms with Gasteiger partial charge in [0.15, 0.2) is 0 Å². The summed E-state index contributed by atoms with van der Waals surface area (Å²) in [6, 6.07) is 1.56. The van der Waals surface area contributed by atoms with Crippen LogP contribution in [-0.2, 0) is 14.3 Å². The number of piperazine rings is 1. The van der Waals surface area contributed by atoms with Crippen LogP contribution in [0.25, 0.3) is 0 Å². The number of aromatic nitrogens is 2. The lowest BCUT2D eigenvalue weighted by Gasteiger charge is -2.35. The second-order valence-corrected chi connectivity index (χ2v) is 8.54.